The molecule has 1 fully saturated rings. The van der Waals surface area contributed by atoms with Crippen LogP contribution in [0.15, 0.2) is 24.3 Å². The fraction of sp³-hybridized carbons (Fsp3) is 0.476. The van der Waals surface area contributed by atoms with E-state index in [0.717, 1.165) is 67.5 Å². The van der Waals surface area contributed by atoms with E-state index in [1.807, 2.05) is 31.3 Å². The Hall–Kier alpha value is -2.47. The zero-order chi connectivity index (χ0) is 18.8. The summed E-state index contributed by atoms with van der Waals surface area (Å²) in [6.07, 6.45) is 4.01. The highest BCUT2D eigenvalue weighted by atomic mass is 16.5. The van der Waals surface area contributed by atoms with Crippen LogP contribution in [-0.4, -0.2) is 59.9 Å². The molecule has 3 heterocycles. The van der Waals surface area contributed by atoms with E-state index in [4.69, 9.17) is 9.72 Å². The van der Waals surface area contributed by atoms with Crippen LogP contribution in [0.25, 0.3) is 10.9 Å². The van der Waals surface area contributed by atoms with Gasteiger partial charge in [-0.05, 0) is 32.4 Å². The number of rotatable bonds is 3. The number of para-hydroxylation sites is 1. The minimum Gasteiger partial charge on any atom is -0.452 e. The Balaban J connectivity index is 1.60. The Labute approximate surface area is 159 Å². The number of likely N-dealkylation sites (N-methyl/N-ethyl adjacent to an activating group) is 1. The number of hydrogen-bond donors (Lipinski definition) is 0. The summed E-state index contributed by atoms with van der Waals surface area (Å²) in [5.41, 5.74) is 3.25. The summed E-state index contributed by atoms with van der Waals surface area (Å²) < 4.78 is 5.48. The number of hydrogen-bond acceptors (Lipinski definition) is 5. The van der Waals surface area contributed by atoms with Crippen LogP contribution in [0, 0.1) is 0 Å². The topological polar surface area (TPSA) is 62.7 Å². The first-order chi connectivity index (χ1) is 13.1. The molecular formula is C21H25N3O3. The van der Waals surface area contributed by atoms with E-state index in [1.54, 1.807) is 4.90 Å². The molecule has 0 radical (unpaired) electrons. The molecule has 0 N–H and O–H groups in total. The maximum Gasteiger partial charge on any atom is 0.339 e. The van der Waals surface area contributed by atoms with Crippen LogP contribution < -0.4 is 0 Å². The fourth-order valence-corrected chi connectivity index (χ4v) is 3.99. The number of benzene rings is 1. The Morgan fingerprint density at radius 2 is 1.89 bits per heavy atom. The van der Waals surface area contributed by atoms with Gasteiger partial charge in [0.15, 0.2) is 6.61 Å². The summed E-state index contributed by atoms with van der Waals surface area (Å²) in [5, 5.41) is 0.793. The van der Waals surface area contributed by atoms with Crippen LogP contribution in [0.3, 0.4) is 0 Å². The largest absolute Gasteiger partial charge is 0.452 e. The van der Waals surface area contributed by atoms with Crippen molar-refractivity contribution in [2.75, 3.05) is 33.3 Å². The van der Waals surface area contributed by atoms with Gasteiger partial charge in [0.05, 0.1) is 11.1 Å². The van der Waals surface area contributed by atoms with E-state index in [-0.39, 0.29) is 12.5 Å². The molecule has 0 unspecified atom stereocenters. The quantitative estimate of drug-likeness (QED) is 0.780. The molecule has 2 aromatic rings. The zero-order valence-corrected chi connectivity index (χ0v) is 15.7. The molecule has 0 spiro atoms. The van der Waals surface area contributed by atoms with E-state index < -0.39 is 5.97 Å². The highest BCUT2D eigenvalue weighted by Gasteiger charge is 2.26. The average Bonchev–Trinajstić information content (AvgIpc) is 2.70. The Morgan fingerprint density at radius 3 is 2.70 bits per heavy atom. The smallest absolute Gasteiger partial charge is 0.339 e. The molecule has 0 saturated carbocycles. The van der Waals surface area contributed by atoms with Gasteiger partial charge in [-0.25, -0.2) is 4.79 Å². The molecule has 142 valence electrons. The minimum atomic E-state index is -0.425. The number of nitrogens with zero attached hydrogens (tertiary/aromatic N) is 3. The number of aromatic nitrogens is 1. The van der Waals surface area contributed by atoms with Gasteiger partial charge in [0.2, 0.25) is 0 Å². The fourth-order valence-electron chi connectivity index (χ4n) is 3.99. The highest BCUT2D eigenvalue weighted by Crippen LogP contribution is 2.28. The first kappa shape index (κ1) is 17.9. The minimum absolute atomic E-state index is 0.104. The maximum absolute atomic E-state index is 13.0. The standard InChI is InChI=1S/C21H25N3O3/c1-23-12-9-18-16(13-23)20(15-7-3-4-8-17(15)22-18)21(26)27-14-19(25)24-10-5-2-6-11-24/h3-4,7-8H,2,5-6,9-14H2,1H3. The second-order valence-corrected chi connectivity index (χ2v) is 7.43. The molecule has 6 nitrogen and oxygen atoms in total. The summed E-state index contributed by atoms with van der Waals surface area (Å²) in [4.78, 5) is 34.1. The van der Waals surface area contributed by atoms with Crippen LogP contribution in [0.2, 0.25) is 0 Å². The summed E-state index contributed by atoms with van der Waals surface area (Å²) in [6, 6.07) is 7.65. The van der Waals surface area contributed by atoms with Gasteiger partial charge < -0.3 is 14.5 Å². The molecule has 27 heavy (non-hydrogen) atoms. The van der Waals surface area contributed by atoms with E-state index in [1.165, 1.54) is 0 Å². The van der Waals surface area contributed by atoms with Gasteiger partial charge in [0.25, 0.3) is 5.91 Å². The third kappa shape index (κ3) is 3.67. The summed E-state index contributed by atoms with van der Waals surface area (Å²) in [7, 11) is 2.03. The van der Waals surface area contributed by atoms with Crippen molar-refractivity contribution in [2.45, 2.75) is 32.2 Å². The average molecular weight is 367 g/mol. The van der Waals surface area contributed by atoms with Crippen LogP contribution in [0.4, 0.5) is 0 Å². The van der Waals surface area contributed by atoms with Crippen LogP contribution >= 0.6 is 0 Å². The molecule has 2 aliphatic rings. The zero-order valence-electron chi connectivity index (χ0n) is 15.7. The maximum atomic E-state index is 13.0. The van der Waals surface area contributed by atoms with E-state index >= 15 is 0 Å². The van der Waals surface area contributed by atoms with Gasteiger partial charge in [-0.1, -0.05) is 18.2 Å². The Kier molecular flexibility index (Phi) is 5.07. The summed E-state index contributed by atoms with van der Waals surface area (Å²) in [5.74, 6) is -0.530. The number of likely N-dealkylation sites (tertiary alicyclic amines) is 1. The van der Waals surface area contributed by atoms with Crippen LogP contribution in [0.1, 0.15) is 40.9 Å². The van der Waals surface area contributed by atoms with Gasteiger partial charge >= 0.3 is 5.97 Å². The molecule has 4 rings (SSSR count). The summed E-state index contributed by atoms with van der Waals surface area (Å²) >= 11 is 0. The predicted octanol–water partition coefficient (Wildman–Crippen LogP) is 2.39. The second-order valence-electron chi connectivity index (χ2n) is 7.43. The first-order valence-corrected chi connectivity index (χ1v) is 9.67. The molecule has 0 aliphatic carbocycles. The molecule has 0 atom stereocenters. The van der Waals surface area contributed by atoms with E-state index in [9.17, 15) is 9.59 Å². The van der Waals surface area contributed by atoms with Gasteiger partial charge in [-0.2, -0.15) is 0 Å². The number of esters is 1. The molecule has 0 bridgehead atoms. The van der Waals surface area contributed by atoms with Crippen molar-refractivity contribution in [3.8, 4) is 0 Å². The molecule has 1 aromatic heterocycles. The van der Waals surface area contributed by atoms with Crippen molar-refractivity contribution in [3.63, 3.8) is 0 Å². The van der Waals surface area contributed by atoms with Crippen molar-refractivity contribution >= 4 is 22.8 Å². The third-order valence-corrected chi connectivity index (χ3v) is 5.48. The van der Waals surface area contributed by atoms with Crippen LogP contribution in [-0.2, 0) is 22.5 Å². The van der Waals surface area contributed by atoms with Crippen molar-refractivity contribution in [3.05, 3.63) is 41.1 Å². The lowest BCUT2D eigenvalue weighted by molar-refractivity contribution is -0.135. The van der Waals surface area contributed by atoms with E-state index in [2.05, 4.69) is 4.90 Å². The summed E-state index contributed by atoms with van der Waals surface area (Å²) in [6.45, 7) is 2.90. The predicted molar refractivity (Wildman–Crippen MR) is 102 cm³/mol. The Morgan fingerprint density at radius 1 is 1.11 bits per heavy atom. The molecule has 6 heteroatoms. The highest BCUT2D eigenvalue weighted by molar-refractivity contribution is 6.05. The van der Waals surface area contributed by atoms with Crippen molar-refractivity contribution in [2.24, 2.45) is 0 Å². The molecular weight excluding hydrogens is 342 g/mol. The third-order valence-electron chi connectivity index (χ3n) is 5.48. The number of piperidine rings is 1. The second kappa shape index (κ2) is 7.64. The van der Waals surface area contributed by atoms with E-state index in [0.29, 0.717) is 12.1 Å². The number of pyridine rings is 1. The number of carbonyl (C=O) groups is 2. The van der Waals surface area contributed by atoms with Gasteiger partial charge in [-0.3, -0.25) is 9.78 Å². The number of fused-ring (bicyclic) bond motifs is 2. The van der Waals surface area contributed by atoms with Crippen molar-refractivity contribution in [1.29, 1.82) is 0 Å². The number of carbonyl (C=O) groups excluding carboxylic acids is 2. The van der Waals surface area contributed by atoms with Crippen molar-refractivity contribution < 1.29 is 14.3 Å². The lowest BCUT2D eigenvalue weighted by atomic mass is 9.96. The van der Waals surface area contributed by atoms with Crippen LogP contribution in [0.5, 0.6) is 0 Å². The molecule has 2 aliphatic heterocycles. The lowest BCUT2D eigenvalue weighted by Crippen LogP contribution is -2.38. The number of ether oxygens (including phenoxy) is 1. The van der Waals surface area contributed by atoms with Gasteiger partial charge in [-0.15, -0.1) is 0 Å². The monoisotopic (exact) mass is 367 g/mol. The normalized spacial score (nSPS) is 17.6. The lowest BCUT2D eigenvalue weighted by Gasteiger charge is -2.27. The molecule has 1 amide bonds. The first-order valence-electron chi connectivity index (χ1n) is 9.67. The molecule has 1 aromatic carbocycles. The van der Waals surface area contributed by atoms with Gasteiger partial charge in [0.1, 0.15) is 0 Å². The van der Waals surface area contributed by atoms with Gasteiger partial charge in [0, 0.05) is 49.2 Å². The number of amides is 1. The molecule has 1 saturated heterocycles. The van der Waals surface area contributed by atoms with Crippen molar-refractivity contribution in [1.82, 2.24) is 14.8 Å². The Bertz CT molecular complexity index is 874. The SMILES string of the molecule is CN1CCc2nc3ccccc3c(C(=O)OCC(=O)N3CCCCC3)c2C1.